The maximum atomic E-state index is 11.9. The van der Waals surface area contributed by atoms with Gasteiger partial charge in [-0.15, -0.1) is 0 Å². The second kappa shape index (κ2) is 6.56. The van der Waals surface area contributed by atoms with E-state index in [4.69, 9.17) is 10.5 Å². The van der Waals surface area contributed by atoms with Gasteiger partial charge in [-0.05, 0) is 40.5 Å². The van der Waals surface area contributed by atoms with E-state index in [1.807, 2.05) is 19.2 Å². The maximum Gasteiger partial charge on any atom is 0.471 e. The lowest BCUT2D eigenvalue weighted by atomic mass is 10.0. The molecule has 19 heavy (non-hydrogen) atoms. The number of hydrogen-bond donors (Lipinski definition) is 2. The fourth-order valence-corrected chi connectivity index (χ4v) is 1.24. The lowest BCUT2D eigenvalue weighted by molar-refractivity contribution is -0.173. The summed E-state index contributed by atoms with van der Waals surface area (Å²) in [6.07, 6.45) is -3.90. The summed E-state index contributed by atoms with van der Waals surface area (Å²) in [6, 6.07) is 0. The minimum Gasteiger partial charge on any atom is -0.375 e. The van der Waals surface area contributed by atoms with Gasteiger partial charge in [-0.25, -0.2) is 0 Å². The molecule has 0 heterocycles. The molecule has 0 unspecified atom stereocenters. The number of carbonyl (C=O) groups excluding carboxylic acids is 1. The Morgan fingerprint density at radius 3 is 2.11 bits per heavy atom. The molecule has 0 aliphatic heterocycles. The average molecular weight is 284 g/mol. The lowest BCUT2D eigenvalue weighted by Gasteiger charge is -2.27. The van der Waals surface area contributed by atoms with E-state index in [2.05, 4.69) is 0 Å². The van der Waals surface area contributed by atoms with Crippen molar-refractivity contribution in [3.8, 4) is 0 Å². The predicted octanol–water partition coefficient (Wildman–Crippen LogP) is 1.98. The zero-order chi connectivity index (χ0) is 15.3. The van der Waals surface area contributed by atoms with Gasteiger partial charge in [0.2, 0.25) is 0 Å². The third-order valence-corrected chi connectivity index (χ3v) is 2.51. The topological polar surface area (TPSA) is 64.3 Å². The maximum absolute atomic E-state index is 11.9. The van der Waals surface area contributed by atoms with Crippen LogP contribution < -0.4 is 11.1 Å². The fraction of sp³-hybridized carbons (Fsp3) is 0.917. The fourth-order valence-electron chi connectivity index (χ4n) is 1.24. The van der Waals surface area contributed by atoms with Crippen molar-refractivity contribution in [1.29, 1.82) is 0 Å². The molecule has 0 aromatic heterocycles. The third-order valence-electron chi connectivity index (χ3n) is 2.51. The number of alkyl halides is 3. The van der Waals surface area contributed by atoms with Gasteiger partial charge in [0.15, 0.2) is 0 Å². The van der Waals surface area contributed by atoms with Gasteiger partial charge in [-0.3, -0.25) is 4.79 Å². The molecule has 0 aliphatic rings. The Hall–Kier alpha value is -0.820. The van der Waals surface area contributed by atoms with E-state index in [9.17, 15) is 18.0 Å². The van der Waals surface area contributed by atoms with Crippen molar-refractivity contribution in [3.05, 3.63) is 0 Å². The Morgan fingerprint density at radius 2 is 1.68 bits per heavy atom. The van der Waals surface area contributed by atoms with Crippen LogP contribution >= 0.6 is 0 Å². The van der Waals surface area contributed by atoms with Crippen LogP contribution in [0.3, 0.4) is 0 Å². The first-order valence-electron chi connectivity index (χ1n) is 6.11. The summed E-state index contributed by atoms with van der Waals surface area (Å²) in [5.74, 6) is -1.92. The molecule has 0 atom stereocenters. The summed E-state index contributed by atoms with van der Waals surface area (Å²) in [6.45, 7) is 7.59. The Labute approximate surface area is 111 Å². The van der Waals surface area contributed by atoms with Gasteiger partial charge in [0.1, 0.15) is 0 Å². The van der Waals surface area contributed by atoms with Crippen molar-refractivity contribution < 1.29 is 22.7 Å². The van der Waals surface area contributed by atoms with Gasteiger partial charge < -0.3 is 15.8 Å². The van der Waals surface area contributed by atoms with Crippen molar-refractivity contribution in [1.82, 2.24) is 5.32 Å². The molecule has 0 spiro atoms. The Balaban J connectivity index is 3.95. The van der Waals surface area contributed by atoms with E-state index in [0.717, 1.165) is 0 Å². The molecule has 0 aromatic rings. The molecule has 0 aliphatic carbocycles. The van der Waals surface area contributed by atoms with Crippen LogP contribution in [-0.4, -0.2) is 36.4 Å². The monoisotopic (exact) mass is 284 g/mol. The number of nitrogens with two attached hydrogens (primary N) is 1. The highest BCUT2D eigenvalue weighted by atomic mass is 19.4. The second-order valence-corrected chi connectivity index (χ2v) is 5.85. The number of hydrogen-bond acceptors (Lipinski definition) is 3. The number of rotatable bonds is 7. The number of carbonyl (C=O) groups is 1. The summed E-state index contributed by atoms with van der Waals surface area (Å²) in [4.78, 5) is 10.6. The number of amides is 1. The van der Waals surface area contributed by atoms with E-state index in [1.54, 1.807) is 13.8 Å². The van der Waals surface area contributed by atoms with Crippen LogP contribution in [0.4, 0.5) is 13.2 Å². The lowest BCUT2D eigenvalue weighted by Crippen LogP contribution is -2.40. The number of ether oxygens (including phenoxy) is 1. The summed E-state index contributed by atoms with van der Waals surface area (Å²) in [5, 5.41) is 1.82. The quantitative estimate of drug-likeness (QED) is 0.751. The van der Waals surface area contributed by atoms with Crippen LogP contribution in [0.2, 0.25) is 0 Å². The highest BCUT2D eigenvalue weighted by molar-refractivity contribution is 5.81. The molecule has 114 valence electrons. The normalized spacial score (nSPS) is 13.5. The van der Waals surface area contributed by atoms with Gasteiger partial charge in [0.25, 0.3) is 0 Å². The van der Waals surface area contributed by atoms with Crippen LogP contribution in [0.1, 0.15) is 40.5 Å². The Kier molecular flexibility index (Phi) is 6.28. The zero-order valence-corrected chi connectivity index (χ0v) is 11.9. The minimum atomic E-state index is -4.84. The highest BCUT2D eigenvalue weighted by Crippen LogP contribution is 2.17. The largest absolute Gasteiger partial charge is 0.471 e. The zero-order valence-electron chi connectivity index (χ0n) is 11.9. The summed E-state index contributed by atoms with van der Waals surface area (Å²) < 4.78 is 41.4. The molecule has 3 N–H and O–H groups in total. The van der Waals surface area contributed by atoms with Crippen LogP contribution in [0.15, 0.2) is 0 Å². The summed E-state index contributed by atoms with van der Waals surface area (Å²) in [7, 11) is 0. The van der Waals surface area contributed by atoms with Crippen molar-refractivity contribution in [2.24, 2.45) is 5.73 Å². The van der Waals surface area contributed by atoms with Crippen LogP contribution in [0, 0.1) is 0 Å². The molecule has 0 radical (unpaired) electrons. The van der Waals surface area contributed by atoms with Gasteiger partial charge in [-0.1, -0.05) is 0 Å². The molecular weight excluding hydrogens is 261 g/mol. The first-order valence-corrected chi connectivity index (χ1v) is 6.11. The molecule has 0 aromatic carbocycles. The molecular formula is C12H23F3N2O2. The molecule has 0 bridgehead atoms. The van der Waals surface area contributed by atoms with Gasteiger partial charge in [-0.2, -0.15) is 13.2 Å². The number of halogens is 3. The predicted molar refractivity (Wildman–Crippen MR) is 66.6 cm³/mol. The standard InChI is InChI=1S/C12H23F3N2O2/c1-10(2,16)6-8-19-11(3,4)5-7-17-9(18)12(13,14)15/h5-8,16H2,1-4H3,(H,17,18). The Morgan fingerprint density at radius 1 is 1.16 bits per heavy atom. The molecule has 0 rings (SSSR count). The Bertz CT molecular complexity index is 296. The molecule has 7 heteroatoms. The van der Waals surface area contributed by atoms with E-state index in [0.29, 0.717) is 19.4 Å². The first-order chi connectivity index (χ1) is 8.33. The van der Waals surface area contributed by atoms with Crippen LogP contribution in [-0.2, 0) is 9.53 Å². The molecule has 0 fully saturated rings. The summed E-state index contributed by atoms with van der Waals surface area (Å²) >= 11 is 0. The van der Waals surface area contributed by atoms with Crippen molar-refractivity contribution >= 4 is 5.91 Å². The van der Waals surface area contributed by atoms with Crippen molar-refractivity contribution in [3.63, 3.8) is 0 Å². The molecule has 4 nitrogen and oxygen atoms in total. The SMILES string of the molecule is CC(C)(N)CCOC(C)(C)CCNC(=O)C(F)(F)F. The minimum absolute atomic E-state index is 0.0860. The van der Waals surface area contributed by atoms with Gasteiger partial charge >= 0.3 is 12.1 Å². The second-order valence-electron chi connectivity index (χ2n) is 5.85. The molecule has 0 saturated carbocycles. The summed E-state index contributed by atoms with van der Waals surface area (Å²) in [5.41, 5.74) is 4.84. The third kappa shape index (κ3) is 9.72. The van der Waals surface area contributed by atoms with E-state index < -0.39 is 17.7 Å². The average Bonchev–Trinajstić information content (AvgIpc) is 2.12. The smallest absolute Gasteiger partial charge is 0.375 e. The van der Waals surface area contributed by atoms with Crippen molar-refractivity contribution in [2.75, 3.05) is 13.2 Å². The van der Waals surface area contributed by atoms with E-state index in [1.165, 1.54) is 0 Å². The number of nitrogens with one attached hydrogen (secondary N) is 1. The van der Waals surface area contributed by atoms with Gasteiger partial charge in [0, 0.05) is 18.7 Å². The van der Waals surface area contributed by atoms with Gasteiger partial charge in [0.05, 0.1) is 5.60 Å². The van der Waals surface area contributed by atoms with Crippen molar-refractivity contribution in [2.45, 2.75) is 57.9 Å². The van der Waals surface area contributed by atoms with E-state index in [-0.39, 0.29) is 12.1 Å². The molecule has 0 saturated heterocycles. The van der Waals surface area contributed by atoms with Crippen LogP contribution in [0.25, 0.3) is 0 Å². The van der Waals surface area contributed by atoms with E-state index >= 15 is 0 Å². The highest BCUT2D eigenvalue weighted by Gasteiger charge is 2.38. The van der Waals surface area contributed by atoms with Crippen LogP contribution in [0.5, 0.6) is 0 Å². The first kappa shape index (κ1) is 18.2. The molecule has 1 amide bonds.